The number of rotatable bonds is 4. The zero-order valence-corrected chi connectivity index (χ0v) is 10.7. The summed E-state index contributed by atoms with van der Waals surface area (Å²) in [6.45, 7) is 7.75. The highest BCUT2D eigenvalue weighted by Crippen LogP contribution is 2.31. The molecule has 0 rings (SSSR count). The summed E-state index contributed by atoms with van der Waals surface area (Å²) >= 11 is 0. The van der Waals surface area contributed by atoms with Gasteiger partial charge in [-0.3, -0.25) is 11.0 Å². The monoisotopic (exact) mass is 246 g/mol. The fourth-order valence-corrected chi connectivity index (χ4v) is 1.32. The van der Waals surface area contributed by atoms with Crippen LogP contribution >= 0.6 is 17.1 Å². The molecular weight excluding hydrogens is 226 g/mol. The molecule has 88 valence electrons. The molecule has 0 aromatic heterocycles. The lowest BCUT2D eigenvalue weighted by molar-refractivity contribution is 0.177. The van der Waals surface area contributed by atoms with Gasteiger partial charge in [0, 0.05) is 0 Å². The van der Waals surface area contributed by atoms with Crippen LogP contribution < -0.4 is 11.0 Å². The molecule has 0 fully saturated rings. The molecule has 14 heavy (non-hydrogen) atoms. The Hall–Kier alpha value is 0.620. The molecule has 0 heterocycles. The van der Waals surface area contributed by atoms with Gasteiger partial charge in [0.15, 0.2) is 0 Å². The topological polar surface area (TPSA) is 111 Å². The van der Waals surface area contributed by atoms with Crippen LogP contribution in [0, 0.1) is 0 Å². The van der Waals surface area contributed by atoms with Crippen molar-refractivity contribution in [3.8, 4) is 0 Å². The predicted octanol–water partition coefficient (Wildman–Crippen LogP) is 1.18. The second-order valence-electron chi connectivity index (χ2n) is 2.91. The van der Waals surface area contributed by atoms with E-state index in [9.17, 15) is 0 Å². The minimum absolute atomic E-state index is 0.148. The van der Waals surface area contributed by atoms with E-state index in [-0.39, 0.29) is 12.2 Å². The van der Waals surface area contributed by atoms with E-state index in [0.29, 0.717) is 0 Å². The summed E-state index contributed by atoms with van der Waals surface area (Å²) in [5.41, 5.74) is 9.78. The lowest BCUT2D eigenvalue weighted by atomic mass is 10.5. The minimum Gasteiger partial charge on any atom is -0.338 e. The van der Waals surface area contributed by atoms with Crippen LogP contribution in [0.5, 0.6) is 0 Å². The van der Waals surface area contributed by atoms with Crippen LogP contribution in [-0.2, 0) is 9.05 Å². The second-order valence-corrected chi connectivity index (χ2v) is 4.55. The van der Waals surface area contributed by atoms with Crippen molar-refractivity contribution in [3.05, 3.63) is 0 Å². The van der Waals surface area contributed by atoms with Crippen LogP contribution in [0.25, 0.3) is 0 Å². The highest BCUT2D eigenvalue weighted by molar-refractivity contribution is 7.44. The van der Waals surface area contributed by atoms with Gasteiger partial charge < -0.3 is 18.8 Å². The molecule has 0 aliphatic rings. The zero-order chi connectivity index (χ0) is 11.7. The van der Waals surface area contributed by atoms with Crippen molar-refractivity contribution in [2.24, 2.45) is 11.0 Å². The van der Waals surface area contributed by atoms with Crippen molar-refractivity contribution in [1.82, 2.24) is 0 Å². The third-order valence-corrected chi connectivity index (χ3v) is 1.89. The first kappa shape index (κ1) is 17.0. The molecule has 0 saturated carbocycles. The van der Waals surface area contributed by atoms with Crippen molar-refractivity contribution >= 4 is 17.1 Å². The molecule has 0 spiro atoms. The van der Waals surface area contributed by atoms with Crippen LogP contribution in [0.1, 0.15) is 27.7 Å². The summed E-state index contributed by atoms with van der Waals surface area (Å²) in [5.74, 6) is 0. The van der Waals surface area contributed by atoms with Crippen LogP contribution in [0.2, 0.25) is 0 Å². The van der Waals surface area contributed by atoms with E-state index in [1.807, 2.05) is 27.7 Å². The first-order chi connectivity index (χ1) is 6.25. The van der Waals surface area contributed by atoms with Crippen LogP contribution in [0.3, 0.4) is 0 Å². The molecule has 0 unspecified atom stereocenters. The second kappa shape index (κ2) is 10.1. The maximum atomic E-state index is 7.45. The van der Waals surface area contributed by atoms with Crippen LogP contribution in [-0.4, -0.2) is 22.0 Å². The summed E-state index contributed by atoms with van der Waals surface area (Å²) in [5, 5.41) is 0. The lowest BCUT2D eigenvalue weighted by Gasteiger charge is -2.16. The molecule has 0 aromatic carbocycles. The maximum absolute atomic E-state index is 7.45. The maximum Gasteiger partial charge on any atom is 0.253 e. The SMILES string of the molecule is CC(C)OP(N)OC(C)C.NP(O)O. The van der Waals surface area contributed by atoms with Gasteiger partial charge in [-0.05, 0) is 27.7 Å². The van der Waals surface area contributed by atoms with Gasteiger partial charge in [0.05, 0.1) is 12.2 Å². The van der Waals surface area contributed by atoms with Gasteiger partial charge in [-0.25, -0.2) is 0 Å². The normalized spacial score (nSPS) is 11.1. The Morgan fingerprint density at radius 2 is 1.14 bits per heavy atom. The molecule has 0 saturated heterocycles. The molecule has 0 aromatic rings. The first-order valence-corrected chi connectivity index (χ1v) is 6.63. The number of hydrogen-bond donors (Lipinski definition) is 4. The smallest absolute Gasteiger partial charge is 0.253 e. The van der Waals surface area contributed by atoms with E-state index < -0.39 is 17.1 Å². The lowest BCUT2D eigenvalue weighted by Crippen LogP contribution is -2.08. The van der Waals surface area contributed by atoms with Crippen LogP contribution in [0.4, 0.5) is 0 Å². The molecule has 0 aliphatic heterocycles. The van der Waals surface area contributed by atoms with Gasteiger partial charge >= 0.3 is 0 Å². The largest absolute Gasteiger partial charge is 0.338 e. The van der Waals surface area contributed by atoms with Crippen molar-refractivity contribution in [2.75, 3.05) is 0 Å². The quantitative estimate of drug-likeness (QED) is 0.554. The molecule has 0 amide bonds. The van der Waals surface area contributed by atoms with E-state index in [1.54, 1.807) is 0 Å². The molecule has 0 radical (unpaired) electrons. The van der Waals surface area contributed by atoms with Gasteiger partial charge in [-0.2, -0.15) is 0 Å². The third-order valence-electron chi connectivity index (χ3n) is 0.629. The Labute approximate surface area is 87.5 Å². The highest BCUT2D eigenvalue weighted by Gasteiger charge is 2.07. The molecular formula is C6H20N2O4P2. The van der Waals surface area contributed by atoms with E-state index in [4.69, 9.17) is 24.3 Å². The van der Waals surface area contributed by atoms with E-state index in [0.717, 1.165) is 0 Å². The molecule has 6 nitrogen and oxygen atoms in total. The zero-order valence-electron chi connectivity index (χ0n) is 8.91. The minimum atomic E-state index is -2.12. The summed E-state index contributed by atoms with van der Waals surface area (Å²) < 4.78 is 10.4. The number of hydrogen-bond acceptors (Lipinski definition) is 6. The molecule has 8 heteroatoms. The van der Waals surface area contributed by atoms with Gasteiger partial charge in [0.1, 0.15) is 0 Å². The summed E-state index contributed by atoms with van der Waals surface area (Å²) in [6.07, 6.45) is 0.296. The fourth-order valence-electron chi connectivity index (χ4n) is 0.440. The summed E-state index contributed by atoms with van der Waals surface area (Å²) in [7, 11) is -3.28. The molecule has 0 aliphatic carbocycles. The summed E-state index contributed by atoms with van der Waals surface area (Å²) in [6, 6.07) is 0. The van der Waals surface area contributed by atoms with Crippen molar-refractivity contribution in [3.63, 3.8) is 0 Å². The molecule has 0 atom stereocenters. The Morgan fingerprint density at radius 3 is 1.29 bits per heavy atom. The molecule has 6 N–H and O–H groups in total. The standard InChI is InChI=1S/C6H16NO2P.H4NO2P/c1-5(2)8-10(7)9-6(3)4;1-4(2)3/h5-6H,7H2,1-4H3;2-3H,1H2. The Bertz CT molecular complexity index is 114. The number of nitrogens with two attached hydrogens (primary N) is 2. The Balaban J connectivity index is 0. The Kier molecular flexibility index (Phi) is 12.3. The van der Waals surface area contributed by atoms with Gasteiger partial charge in [-0.1, -0.05) is 0 Å². The van der Waals surface area contributed by atoms with Gasteiger partial charge in [0.25, 0.3) is 8.53 Å². The average molecular weight is 246 g/mol. The molecule has 0 bridgehead atoms. The van der Waals surface area contributed by atoms with E-state index >= 15 is 0 Å². The van der Waals surface area contributed by atoms with Crippen molar-refractivity contribution in [1.29, 1.82) is 0 Å². The summed E-state index contributed by atoms with van der Waals surface area (Å²) in [4.78, 5) is 14.9. The van der Waals surface area contributed by atoms with Crippen molar-refractivity contribution < 1.29 is 18.8 Å². The predicted molar refractivity (Wildman–Crippen MR) is 59.1 cm³/mol. The Morgan fingerprint density at radius 1 is 0.929 bits per heavy atom. The fraction of sp³-hybridized carbons (Fsp3) is 1.00. The average Bonchev–Trinajstić information content (AvgIpc) is 1.79. The van der Waals surface area contributed by atoms with Gasteiger partial charge in [0.2, 0.25) is 8.53 Å². The highest BCUT2D eigenvalue weighted by atomic mass is 31.2. The van der Waals surface area contributed by atoms with Crippen molar-refractivity contribution in [2.45, 2.75) is 39.9 Å². The first-order valence-electron chi connectivity index (χ1n) is 4.06. The van der Waals surface area contributed by atoms with Gasteiger partial charge in [-0.15, -0.1) is 0 Å². The van der Waals surface area contributed by atoms with E-state index in [1.165, 1.54) is 0 Å². The van der Waals surface area contributed by atoms with E-state index in [2.05, 4.69) is 5.50 Å². The third kappa shape index (κ3) is 22.9. The van der Waals surface area contributed by atoms with Crippen LogP contribution in [0.15, 0.2) is 0 Å².